The highest BCUT2D eigenvalue weighted by Crippen LogP contribution is 2.30. The molecule has 1 aliphatic heterocycles. The van der Waals surface area contributed by atoms with Crippen molar-refractivity contribution < 1.29 is 13.9 Å². The summed E-state index contributed by atoms with van der Waals surface area (Å²) in [6.07, 6.45) is 2.15. The second kappa shape index (κ2) is 7.90. The van der Waals surface area contributed by atoms with E-state index in [4.69, 9.17) is 4.74 Å². The fraction of sp³-hybridized carbons (Fsp3) is 0.450. The van der Waals surface area contributed by atoms with E-state index in [0.29, 0.717) is 37.6 Å². The van der Waals surface area contributed by atoms with E-state index in [1.54, 1.807) is 4.90 Å². The number of hydrogen-bond acceptors (Lipinski definition) is 5. The van der Waals surface area contributed by atoms with Gasteiger partial charge in [0.05, 0.1) is 11.9 Å². The minimum Gasteiger partial charge on any atom is -0.444 e. The van der Waals surface area contributed by atoms with E-state index in [2.05, 4.69) is 15.3 Å². The Kier molecular flexibility index (Phi) is 5.58. The number of carbonyl (C=O) groups excluding carboxylic acids is 1. The second-order valence-corrected chi connectivity index (χ2v) is 7.66. The van der Waals surface area contributed by atoms with Crippen LogP contribution in [-0.4, -0.2) is 39.7 Å². The molecule has 0 atom stereocenters. The molecule has 0 saturated carbocycles. The summed E-state index contributed by atoms with van der Waals surface area (Å²) in [5.41, 5.74) is 0.715. The highest BCUT2D eigenvalue weighted by atomic mass is 19.1. The summed E-state index contributed by atoms with van der Waals surface area (Å²) in [5, 5.41) is 3.09. The fourth-order valence-corrected chi connectivity index (χ4v) is 3.04. The molecule has 7 heteroatoms. The van der Waals surface area contributed by atoms with Gasteiger partial charge in [-0.25, -0.2) is 19.2 Å². The number of rotatable bonds is 3. The van der Waals surface area contributed by atoms with Crippen LogP contribution < -0.4 is 5.32 Å². The van der Waals surface area contributed by atoms with E-state index in [0.717, 1.165) is 5.69 Å². The van der Waals surface area contributed by atoms with Crippen molar-refractivity contribution >= 4 is 17.7 Å². The zero-order valence-electron chi connectivity index (χ0n) is 15.9. The second-order valence-electron chi connectivity index (χ2n) is 7.66. The summed E-state index contributed by atoms with van der Waals surface area (Å²) in [7, 11) is 0. The highest BCUT2D eigenvalue weighted by Gasteiger charge is 2.29. The van der Waals surface area contributed by atoms with E-state index in [1.165, 1.54) is 6.20 Å². The number of halogens is 1. The zero-order chi connectivity index (χ0) is 19.4. The Bertz CT molecular complexity index is 784. The van der Waals surface area contributed by atoms with Crippen molar-refractivity contribution in [3.05, 3.63) is 48.0 Å². The monoisotopic (exact) mass is 372 g/mol. The lowest BCUT2D eigenvalue weighted by atomic mass is 9.93. The summed E-state index contributed by atoms with van der Waals surface area (Å²) in [4.78, 5) is 22.3. The van der Waals surface area contributed by atoms with Crippen molar-refractivity contribution in [2.24, 2.45) is 0 Å². The van der Waals surface area contributed by atoms with Gasteiger partial charge in [-0.3, -0.25) is 0 Å². The summed E-state index contributed by atoms with van der Waals surface area (Å²) in [6, 6.07) is 9.51. The van der Waals surface area contributed by atoms with Crippen molar-refractivity contribution in [3.8, 4) is 0 Å². The molecule has 0 radical (unpaired) electrons. The molecule has 1 aliphatic rings. The number of aromatic nitrogens is 2. The minimum absolute atomic E-state index is 0.0528. The van der Waals surface area contributed by atoms with Gasteiger partial charge < -0.3 is 15.0 Å². The number of piperidine rings is 1. The third-order valence-corrected chi connectivity index (χ3v) is 4.33. The number of ether oxygens (including phenoxy) is 1. The number of nitrogens with one attached hydrogen (secondary N) is 1. The molecule has 1 aromatic carbocycles. The lowest BCUT2D eigenvalue weighted by molar-refractivity contribution is 0.0203. The van der Waals surface area contributed by atoms with Gasteiger partial charge in [0.1, 0.15) is 5.60 Å². The van der Waals surface area contributed by atoms with E-state index < -0.39 is 11.4 Å². The molecule has 0 aliphatic carbocycles. The van der Waals surface area contributed by atoms with Gasteiger partial charge in [-0.2, -0.15) is 0 Å². The number of benzene rings is 1. The molecule has 0 unspecified atom stereocenters. The van der Waals surface area contributed by atoms with E-state index >= 15 is 0 Å². The first kappa shape index (κ1) is 19.1. The number of hydrogen-bond donors (Lipinski definition) is 1. The molecule has 1 amide bonds. The van der Waals surface area contributed by atoms with Crippen molar-refractivity contribution in [2.45, 2.75) is 45.1 Å². The maximum absolute atomic E-state index is 14.3. The average Bonchev–Trinajstić information content (AvgIpc) is 2.63. The molecule has 2 heterocycles. The SMILES string of the molecule is CC(C)(C)OC(=O)N1CCC(c2nc(Nc3ccccc3)ncc2F)CC1. The van der Waals surface area contributed by atoms with Gasteiger partial charge >= 0.3 is 6.09 Å². The Balaban J connectivity index is 1.65. The predicted molar refractivity (Wildman–Crippen MR) is 101 cm³/mol. The van der Waals surface area contributed by atoms with Crippen LogP contribution in [0.3, 0.4) is 0 Å². The number of anilines is 2. The lowest BCUT2D eigenvalue weighted by Crippen LogP contribution is -2.41. The number of amides is 1. The predicted octanol–water partition coefficient (Wildman–Crippen LogP) is 4.47. The minimum atomic E-state index is -0.523. The summed E-state index contributed by atoms with van der Waals surface area (Å²) in [6.45, 7) is 6.56. The maximum Gasteiger partial charge on any atom is 0.410 e. The van der Waals surface area contributed by atoms with Crippen molar-refractivity contribution in [1.29, 1.82) is 0 Å². The average molecular weight is 372 g/mol. The number of likely N-dealkylation sites (tertiary alicyclic amines) is 1. The van der Waals surface area contributed by atoms with Crippen LogP contribution in [0.1, 0.15) is 45.2 Å². The van der Waals surface area contributed by atoms with E-state index in [9.17, 15) is 9.18 Å². The normalized spacial score (nSPS) is 15.5. The fourth-order valence-electron chi connectivity index (χ4n) is 3.04. The number of nitrogens with zero attached hydrogens (tertiary/aromatic N) is 3. The molecule has 0 bridgehead atoms. The van der Waals surface area contributed by atoms with Crippen LogP contribution in [0, 0.1) is 5.82 Å². The van der Waals surface area contributed by atoms with Gasteiger partial charge in [0, 0.05) is 24.7 Å². The molecular formula is C20H25FN4O2. The van der Waals surface area contributed by atoms with Crippen LogP contribution in [0.15, 0.2) is 36.5 Å². The van der Waals surface area contributed by atoms with Gasteiger partial charge in [0.25, 0.3) is 0 Å². The molecule has 0 spiro atoms. The van der Waals surface area contributed by atoms with Crippen LogP contribution in [0.25, 0.3) is 0 Å². The van der Waals surface area contributed by atoms with E-state index in [-0.39, 0.29) is 12.0 Å². The molecule has 6 nitrogen and oxygen atoms in total. The smallest absolute Gasteiger partial charge is 0.410 e. The van der Waals surface area contributed by atoms with E-state index in [1.807, 2.05) is 51.1 Å². The lowest BCUT2D eigenvalue weighted by Gasteiger charge is -2.33. The maximum atomic E-state index is 14.3. The summed E-state index contributed by atoms with van der Waals surface area (Å²) >= 11 is 0. The summed E-state index contributed by atoms with van der Waals surface area (Å²) < 4.78 is 19.7. The number of carbonyl (C=O) groups is 1. The van der Waals surface area contributed by atoms with Crippen LogP contribution in [0.4, 0.5) is 20.8 Å². The Morgan fingerprint density at radius 3 is 2.52 bits per heavy atom. The largest absolute Gasteiger partial charge is 0.444 e. The quantitative estimate of drug-likeness (QED) is 0.861. The van der Waals surface area contributed by atoms with Crippen molar-refractivity contribution in [2.75, 3.05) is 18.4 Å². The standard InChI is InChI=1S/C20H25FN4O2/c1-20(2,3)27-19(26)25-11-9-14(10-12-25)17-16(21)13-22-18(24-17)23-15-7-5-4-6-8-15/h4-8,13-14H,9-12H2,1-3H3,(H,22,23,24). The van der Waals surface area contributed by atoms with Crippen molar-refractivity contribution in [3.63, 3.8) is 0 Å². The Morgan fingerprint density at radius 1 is 1.22 bits per heavy atom. The van der Waals surface area contributed by atoms with Gasteiger partial charge in [-0.05, 0) is 45.7 Å². The Labute approximate surface area is 158 Å². The molecule has 2 aromatic rings. The van der Waals surface area contributed by atoms with Crippen LogP contribution >= 0.6 is 0 Å². The first-order valence-corrected chi connectivity index (χ1v) is 9.14. The van der Waals surface area contributed by atoms with Crippen LogP contribution in [-0.2, 0) is 4.74 Å². The molecule has 3 rings (SSSR count). The van der Waals surface area contributed by atoms with Gasteiger partial charge in [-0.1, -0.05) is 18.2 Å². The van der Waals surface area contributed by atoms with Gasteiger partial charge in [0.2, 0.25) is 5.95 Å². The highest BCUT2D eigenvalue weighted by molar-refractivity contribution is 5.68. The summed E-state index contributed by atoms with van der Waals surface area (Å²) in [5.74, 6) is -0.0977. The third kappa shape index (κ3) is 5.15. The molecule has 27 heavy (non-hydrogen) atoms. The zero-order valence-corrected chi connectivity index (χ0v) is 15.9. The Morgan fingerprint density at radius 2 is 1.89 bits per heavy atom. The first-order valence-electron chi connectivity index (χ1n) is 9.14. The van der Waals surface area contributed by atoms with Gasteiger partial charge in [0.15, 0.2) is 5.82 Å². The van der Waals surface area contributed by atoms with Crippen LogP contribution in [0.5, 0.6) is 0 Å². The third-order valence-electron chi connectivity index (χ3n) is 4.33. The molecule has 1 saturated heterocycles. The first-order chi connectivity index (χ1) is 12.8. The molecule has 144 valence electrons. The molecule has 1 fully saturated rings. The molecule has 1 N–H and O–H groups in total. The topological polar surface area (TPSA) is 67.3 Å². The Hall–Kier alpha value is -2.70. The number of para-hydroxylation sites is 1. The van der Waals surface area contributed by atoms with Crippen LogP contribution in [0.2, 0.25) is 0 Å². The van der Waals surface area contributed by atoms with Gasteiger partial charge in [-0.15, -0.1) is 0 Å². The molecular weight excluding hydrogens is 347 g/mol. The molecule has 1 aromatic heterocycles. The van der Waals surface area contributed by atoms with Crippen molar-refractivity contribution in [1.82, 2.24) is 14.9 Å².